The quantitative estimate of drug-likeness (QED) is 0.122. The van der Waals surface area contributed by atoms with Crippen molar-refractivity contribution in [3.05, 3.63) is 100 Å². The van der Waals surface area contributed by atoms with E-state index in [0.717, 1.165) is 16.7 Å². The minimum Gasteiger partial charge on any atom is -0.406 e. The molecule has 226 valence electrons. The molecular formula is C28H21ClF6N4O4. The van der Waals surface area contributed by atoms with Gasteiger partial charge in [0.15, 0.2) is 5.69 Å². The predicted molar refractivity (Wildman–Crippen MR) is 141 cm³/mol. The number of ether oxygens (including phenoxy) is 2. The lowest BCUT2D eigenvalue weighted by atomic mass is 10.0. The standard InChI is InChI=1S/C28H21ClF6N4O4/c29-21-9-3-18(4-10-21)16-39(14-13-23-24(37-38-36-23)25(40)42-26(41)27(30,31)32)15-17-1-5-19(6-2-17)20-7-11-22(12-8-20)43-28(33,34)35/h1-12H,13-16H2,(H,36,37,38). The Morgan fingerprint density at radius 2 is 1.33 bits per heavy atom. The lowest BCUT2D eigenvalue weighted by molar-refractivity contribution is -0.274. The molecule has 0 amide bonds. The fourth-order valence-electron chi connectivity index (χ4n) is 4.02. The van der Waals surface area contributed by atoms with E-state index in [-0.39, 0.29) is 24.4 Å². The highest BCUT2D eigenvalue weighted by Gasteiger charge is 2.43. The average molecular weight is 627 g/mol. The number of H-pyrrole nitrogens is 1. The van der Waals surface area contributed by atoms with Crippen LogP contribution in [0.4, 0.5) is 26.3 Å². The van der Waals surface area contributed by atoms with Gasteiger partial charge in [0.05, 0.1) is 5.69 Å². The fraction of sp³-hybridized carbons (Fsp3) is 0.214. The summed E-state index contributed by atoms with van der Waals surface area (Å²) in [7, 11) is 0. The third-order valence-electron chi connectivity index (χ3n) is 6.00. The summed E-state index contributed by atoms with van der Waals surface area (Å²) < 4.78 is 82.6. The number of rotatable bonds is 10. The summed E-state index contributed by atoms with van der Waals surface area (Å²) >= 11 is 5.99. The summed E-state index contributed by atoms with van der Waals surface area (Å²) in [6.45, 7) is 1.08. The molecule has 43 heavy (non-hydrogen) atoms. The van der Waals surface area contributed by atoms with Crippen molar-refractivity contribution in [2.24, 2.45) is 0 Å². The van der Waals surface area contributed by atoms with Gasteiger partial charge in [0.25, 0.3) is 0 Å². The van der Waals surface area contributed by atoms with Gasteiger partial charge in [-0.3, -0.25) is 4.90 Å². The number of halogens is 7. The second kappa shape index (κ2) is 13.3. The Morgan fingerprint density at radius 1 is 0.791 bits per heavy atom. The van der Waals surface area contributed by atoms with Crippen molar-refractivity contribution in [2.45, 2.75) is 32.0 Å². The number of nitrogens with zero attached hydrogens (tertiary/aromatic N) is 3. The summed E-state index contributed by atoms with van der Waals surface area (Å²) in [4.78, 5) is 25.2. The first kappa shape index (κ1) is 31.5. The van der Waals surface area contributed by atoms with Crippen molar-refractivity contribution in [1.29, 1.82) is 0 Å². The fourth-order valence-corrected chi connectivity index (χ4v) is 4.14. The van der Waals surface area contributed by atoms with Gasteiger partial charge in [0.1, 0.15) is 5.75 Å². The summed E-state index contributed by atoms with van der Waals surface area (Å²) in [5.74, 6) is -4.57. The van der Waals surface area contributed by atoms with E-state index in [2.05, 4.69) is 24.9 Å². The maximum atomic E-state index is 12.5. The topological polar surface area (TPSA) is 97.4 Å². The van der Waals surface area contributed by atoms with Gasteiger partial charge in [-0.05, 0) is 46.5 Å². The number of carbonyl (C=O) groups excluding carboxylic acids is 2. The molecule has 8 nitrogen and oxygen atoms in total. The Hall–Kier alpha value is -4.43. The number of benzene rings is 3. The van der Waals surface area contributed by atoms with Crippen molar-refractivity contribution >= 4 is 23.5 Å². The molecule has 0 atom stereocenters. The number of aromatic nitrogens is 3. The highest BCUT2D eigenvalue weighted by molar-refractivity contribution is 6.30. The van der Waals surface area contributed by atoms with Crippen LogP contribution in [0.3, 0.4) is 0 Å². The number of alkyl halides is 6. The number of hydrogen-bond acceptors (Lipinski definition) is 7. The lowest BCUT2D eigenvalue weighted by Crippen LogP contribution is -2.29. The Kier molecular flexibility index (Phi) is 9.71. The van der Waals surface area contributed by atoms with Gasteiger partial charge < -0.3 is 9.47 Å². The van der Waals surface area contributed by atoms with E-state index in [1.54, 1.807) is 24.3 Å². The third-order valence-corrected chi connectivity index (χ3v) is 6.25. The maximum absolute atomic E-state index is 12.5. The van der Waals surface area contributed by atoms with Gasteiger partial charge in [-0.15, -0.1) is 18.3 Å². The molecule has 4 rings (SSSR count). The van der Waals surface area contributed by atoms with Crippen LogP contribution in [0.25, 0.3) is 11.1 Å². The van der Waals surface area contributed by atoms with Crippen LogP contribution in [-0.2, 0) is 29.0 Å². The molecule has 1 N–H and O–H groups in total. The average Bonchev–Trinajstić information content (AvgIpc) is 3.41. The highest BCUT2D eigenvalue weighted by atomic mass is 35.5. The Morgan fingerprint density at radius 3 is 1.86 bits per heavy atom. The van der Waals surface area contributed by atoms with Crippen LogP contribution in [0.2, 0.25) is 5.02 Å². The third kappa shape index (κ3) is 9.28. The molecule has 0 radical (unpaired) electrons. The van der Waals surface area contributed by atoms with Crippen molar-refractivity contribution in [3.8, 4) is 16.9 Å². The van der Waals surface area contributed by atoms with E-state index in [1.165, 1.54) is 24.3 Å². The van der Waals surface area contributed by atoms with Gasteiger partial charge in [-0.25, -0.2) is 9.59 Å². The number of carbonyl (C=O) groups is 2. The second-order valence-corrected chi connectivity index (χ2v) is 9.59. The van der Waals surface area contributed by atoms with Crippen LogP contribution in [0.15, 0.2) is 72.8 Å². The number of hydrogen-bond donors (Lipinski definition) is 1. The molecule has 0 aliphatic carbocycles. The molecular weight excluding hydrogens is 606 g/mol. The molecule has 0 aliphatic heterocycles. The molecule has 0 unspecified atom stereocenters. The normalized spacial score (nSPS) is 11.9. The Labute approximate surface area is 245 Å². The zero-order valence-electron chi connectivity index (χ0n) is 21.9. The van der Waals surface area contributed by atoms with Crippen molar-refractivity contribution in [2.75, 3.05) is 6.54 Å². The van der Waals surface area contributed by atoms with Crippen LogP contribution in [-0.4, -0.2) is 51.3 Å². The molecule has 1 heterocycles. The van der Waals surface area contributed by atoms with Crippen molar-refractivity contribution in [3.63, 3.8) is 0 Å². The molecule has 0 fully saturated rings. The molecule has 1 aromatic heterocycles. The summed E-state index contributed by atoms with van der Waals surface area (Å²) in [6.07, 6.45) is -10.1. The zero-order chi connectivity index (χ0) is 31.2. The van der Waals surface area contributed by atoms with E-state index in [9.17, 15) is 35.9 Å². The highest BCUT2D eigenvalue weighted by Crippen LogP contribution is 2.27. The monoisotopic (exact) mass is 626 g/mol. The van der Waals surface area contributed by atoms with Crippen LogP contribution in [0, 0.1) is 0 Å². The molecule has 15 heteroatoms. The number of nitrogens with one attached hydrogen (secondary N) is 1. The molecule has 0 saturated carbocycles. The Balaban J connectivity index is 1.46. The summed E-state index contributed by atoms with van der Waals surface area (Å²) in [5.41, 5.74) is 2.66. The van der Waals surface area contributed by atoms with Crippen molar-refractivity contribution < 1.29 is 45.4 Å². The van der Waals surface area contributed by atoms with Crippen molar-refractivity contribution in [1.82, 2.24) is 20.3 Å². The maximum Gasteiger partial charge on any atom is 0.573 e. The smallest absolute Gasteiger partial charge is 0.406 e. The molecule has 4 aromatic rings. The second-order valence-electron chi connectivity index (χ2n) is 9.15. The Bertz CT molecular complexity index is 1540. The van der Waals surface area contributed by atoms with E-state index < -0.39 is 30.2 Å². The molecule has 0 aliphatic rings. The van der Waals surface area contributed by atoms with Crippen LogP contribution in [0.5, 0.6) is 5.75 Å². The molecule has 0 spiro atoms. The van der Waals surface area contributed by atoms with Gasteiger partial charge in [0, 0.05) is 31.1 Å². The number of aromatic amines is 1. The summed E-state index contributed by atoms with van der Waals surface area (Å²) in [6, 6.07) is 19.8. The number of esters is 2. The summed E-state index contributed by atoms with van der Waals surface area (Å²) in [5, 5.41) is 10.1. The first-order valence-electron chi connectivity index (χ1n) is 12.4. The lowest BCUT2D eigenvalue weighted by Gasteiger charge is -2.22. The van der Waals surface area contributed by atoms with Crippen LogP contribution < -0.4 is 4.74 Å². The van der Waals surface area contributed by atoms with Crippen LogP contribution >= 0.6 is 11.6 Å². The molecule has 0 bridgehead atoms. The van der Waals surface area contributed by atoms with Gasteiger partial charge in [0.2, 0.25) is 0 Å². The minimum absolute atomic E-state index is 0.00868. The van der Waals surface area contributed by atoms with Gasteiger partial charge in [-0.1, -0.05) is 60.1 Å². The predicted octanol–water partition coefficient (Wildman–Crippen LogP) is 6.51. The van der Waals surface area contributed by atoms with E-state index in [1.807, 2.05) is 29.2 Å². The largest absolute Gasteiger partial charge is 0.573 e. The first-order valence-corrected chi connectivity index (χ1v) is 12.8. The van der Waals surface area contributed by atoms with Crippen LogP contribution in [0.1, 0.15) is 27.3 Å². The molecule has 3 aromatic carbocycles. The minimum atomic E-state index is -5.35. The van der Waals surface area contributed by atoms with E-state index in [0.29, 0.717) is 23.7 Å². The SMILES string of the molecule is O=C(OC(=O)C(F)(F)F)c1n[nH]nc1CCN(Cc1ccc(Cl)cc1)Cc1ccc(-c2ccc(OC(F)(F)F)cc2)cc1. The zero-order valence-corrected chi connectivity index (χ0v) is 22.6. The first-order chi connectivity index (χ1) is 20.3. The van der Waals surface area contributed by atoms with E-state index >= 15 is 0 Å². The molecule has 0 saturated heterocycles. The van der Waals surface area contributed by atoms with E-state index in [4.69, 9.17) is 11.6 Å². The van der Waals surface area contributed by atoms with Gasteiger partial charge in [-0.2, -0.15) is 23.5 Å². The van der Waals surface area contributed by atoms with Gasteiger partial charge >= 0.3 is 24.5 Å².